The maximum Gasteiger partial charge on any atom is 0.410 e. The molecular formula is C23H28N2O3. The number of piperazine rings is 1. The third kappa shape index (κ3) is 5.20. The number of carbonyl (C=O) groups is 2. The minimum Gasteiger partial charge on any atom is -0.444 e. The topological polar surface area (TPSA) is 49.9 Å². The van der Waals surface area contributed by atoms with Crippen molar-refractivity contribution in [3.05, 3.63) is 59.7 Å². The van der Waals surface area contributed by atoms with Gasteiger partial charge in [0.05, 0.1) is 0 Å². The summed E-state index contributed by atoms with van der Waals surface area (Å²) in [6.45, 7) is 9.12. The van der Waals surface area contributed by atoms with Crippen molar-refractivity contribution in [1.82, 2.24) is 9.80 Å². The number of carbonyl (C=O) groups excluding carboxylic acids is 2. The average Bonchev–Trinajstić information content (AvgIpc) is 2.68. The van der Waals surface area contributed by atoms with E-state index in [2.05, 4.69) is 11.0 Å². The molecule has 0 N–H and O–H groups in total. The van der Waals surface area contributed by atoms with Gasteiger partial charge in [-0.05, 0) is 43.5 Å². The summed E-state index contributed by atoms with van der Waals surface area (Å²) in [6.07, 6.45) is 0.673. The van der Waals surface area contributed by atoms with Crippen molar-refractivity contribution in [2.24, 2.45) is 0 Å². The molecule has 2 aromatic rings. The largest absolute Gasteiger partial charge is 0.444 e. The fourth-order valence-electron chi connectivity index (χ4n) is 3.31. The van der Waals surface area contributed by atoms with E-state index in [9.17, 15) is 9.59 Å². The first-order valence-corrected chi connectivity index (χ1v) is 9.69. The summed E-state index contributed by atoms with van der Waals surface area (Å²) in [5, 5.41) is 0. The van der Waals surface area contributed by atoms with Crippen molar-refractivity contribution < 1.29 is 14.3 Å². The Bertz CT molecular complexity index is 819. The summed E-state index contributed by atoms with van der Waals surface area (Å²) in [6, 6.07) is 16.1. The maximum atomic E-state index is 12.2. The molecule has 0 atom stereocenters. The Morgan fingerprint density at radius 3 is 2.29 bits per heavy atom. The minimum atomic E-state index is -0.479. The number of nitrogens with zero attached hydrogens (tertiary/aromatic N) is 2. The average molecular weight is 380 g/mol. The van der Waals surface area contributed by atoms with Crippen LogP contribution in [0.1, 0.15) is 36.7 Å². The molecule has 5 heteroatoms. The first kappa shape index (κ1) is 20.1. The molecule has 0 aliphatic carbocycles. The predicted octanol–water partition coefficient (Wildman–Crippen LogP) is 4.22. The zero-order valence-electron chi connectivity index (χ0n) is 16.9. The number of aldehydes is 1. The smallest absolute Gasteiger partial charge is 0.410 e. The zero-order valence-corrected chi connectivity index (χ0v) is 16.9. The predicted molar refractivity (Wildman–Crippen MR) is 110 cm³/mol. The Morgan fingerprint density at radius 2 is 1.68 bits per heavy atom. The quantitative estimate of drug-likeness (QED) is 0.745. The van der Waals surface area contributed by atoms with Gasteiger partial charge < -0.3 is 9.64 Å². The van der Waals surface area contributed by atoms with Gasteiger partial charge >= 0.3 is 6.09 Å². The summed E-state index contributed by atoms with van der Waals surface area (Å²) >= 11 is 0. The lowest BCUT2D eigenvalue weighted by molar-refractivity contribution is 0.0139. The molecule has 1 heterocycles. The van der Waals surface area contributed by atoms with E-state index in [-0.39, 0.29) is 6.09 Å². The molecule has 0 saturated carbocycles. The van der Waals surface area contributed by atoms with Crippen molar-refractivity contribution in [3.8, 4) is 11.1 Å². The van der Waals surface area contributed by atoms with Crippen LogP contribution in [0, 0.1) is 0 Å². The van der Waals surface area contributed by atoms with E-state index in [1.807, 2.05) is 63.2 Å². The van der Waals surface area contributed by atoms with Crippen molar-refractivity contribution in [3.63, 3.8) is 0 Å². The monoisotopic (exact) mass is 380 g/mol. The first-order valence-electron chi connectivity index (χ1n) is 9.69. The van der Waals surface area contributed by atoms with E-state index in [0.29, 0.717) is 19.6 Å². The van der Waals surface area contributed by atoms with Gasteiger partial charge in [0.2, 0.25) is 0 Å². The van der Waals surface area contributed by atoms with Crippen LogP contribution in [-0.2, 0) is 11.3 Å². The zero-order chi connectivity index (χ0) is 20.1. The van der Waals surface area contributed by atoms with Gasteiger partial charge in [-0.3, -0.25) is 9.69 Å². The summed E-state index contributed by atoms with van der Waals surface area (Å²) < 4.78 is 5.44. The molecule has 2 aromatic carbocycles. The van der Waals surface area contributed by atoms with Crippen LogP contribution in [0.2, 0.25) is 0 Å². The van der Waals surface area contributed by atoms with Gasteiger partial charge in [0.1, 0.15) is 11.9 Å². The second kappa shape index (κ2) is 8.57. The van der Waals surface area contributed by atoms with Gasteiger partial charge in [0.15, 0.2) is 0 Å². The first-order chi connectivity index (χ1) is 13.4. The van der Waals surface area contributed by atoms with Crippen LogP contribution in [0.15, 0.2) is 48.5 Å². The molecule has 1 aliphatic rings. The van der Waals surface area contributed by atoms with Gasteiger partial charge in [-0.1, -0.05) is 42.5 Å². The third-order valence-corrected chi connectivity index (χ3v) is 4.80. The molecule has 148 valence electrons. The lowest BCUT2D eigenvalue weighted by atomic mass is 9.99. The highest BCUT2D eigenvalue weighted by molar-refractivity contribution is 5.81. The van der Waals surface area contributed by atoms with E-state index >= 15 is 0 Å². The van der Waals surface area contributed by atoms with Crippen molar-refractivity contribution in [2.45, 2.75) is 32.9 Å². The molecule has 0 spiro atoms. The summed E-state index contributed by atoms with van der Waals surface area (Å²) in [5.74, 6) is 0. The molecule has 0 unspecified atom stereocenters. The lowest BCUT2D eigenvalue weighted by Crippen LogP contribution is -2.49. The second-order valence-corrected chi connectivity index (χ2v) is 8.14. The van der Waals surface area contributed by atoms with E-state index in [1.165, 1.54) is 0 Å². The number of amides is 1. The van der Waals surface area contributed by atoms with Crippen LogP contribution in [-0.4, -0.2) is 54.0 Å². The highest BCUT2D eigenvalue weighted by Crippen LogP contribution is 2.23. The van der Waals surface area contributed by atoms with E-state index < -0.39 is 5.60 Å². The van der Waals surface area contributed by atoms with Crippen LogP contribution < -0.4 is 0 Å². The normalized spacial score (nSPS) is 15.3. The SMILES string of the molecule is CC(C)(C)OC(=O)N1CCN(Cc2ccc(-c3ccccc3)cc2C=O)CC1. The van der Waals surface area contributed by atoms with E-state index in [4.69, 9.17) is 4.74 Å². The number of hydrogen-bond donors (Lipinski definition) is 0. The third-order valence-electron chi connectivity index (χ3n) is 4.80. The Kier molecular flexibility index (Phi) is 6.15. The molecule has 28 heavy (non-hydrogen) atoms. The molecular weight excluding hydrogens is 352 g/mol. The van der Waals surface area contributed by atoms with E-state index in [0.717, 1.165) is 41.6 Å². The number of hydrogen-bond acceptors (Lipinski definition) is 4. The molecule has 1 saturated heterocycles. The fourth-order valence-corrected chi connectivity index (χ4v) is 3.31. The Balaban J connectivity index is 1.62. The van der Waals surface area contributed by atoms with Crippen molar-refractivity contribution >= 4 is 12.4 Å². The standard InChI is InChI=1S/C23H28N2O3/c1-23(2,3)28-22(27)25-13-11-24(12-14-25)16-20-10-9-19(15-21(20)17-26)18-7-5-4-6-8-18/h4-10,15,17H,11-14,16H2,1-3H3. The van der Waals surface area contributed by atoms with Crippen LogP contribution >= 0.6 is 0 Å². The van der Waals surface area contributed by atoms with Gasteiger partial charge in [-0.2, -0.15) is 0 Å². The maximum absolute atomic E-state index is 12.2. The van der Waals surface area contributed by atoms with E-state index in [1.54, 1.807) is 4.90 Å². The number of rotatable bonds is 4. The number of ether oxygens (including phenoxy) is 1. The van der Waals surface area contributed by atoms with Gasteiger partial charge in [0, 0.05) is 38.3 Å². The molecule has 0 aromatic heterocycles. The van der Waals surface area contributed by atoms with Gasteiger partial charge in [-0.25, -0.2) is 4.79 Å². The van der Waals surface area contributed by atoms with Crippen LogP contribution in [0.4, 0.5) is 4.79 Å². The van der Waals surface area contributed by atoms with Gasteiger partial charge in [-0.15, -0.1) is 0 Å². The van der Waals surface area contributed by atoms with Crippen LogP contribution in [0.25, 0.3) is 11.1 Å². The Morgan fingerprint density at radius 1 is 1.00 bits per heavy atom. The second-order valence-electron chi connectivity index (χ2n) is 8.14. The Hall–Kier alpha value is -2.66. The molecule has 5 nitrogen and oxygen atoms in total. The fraction of sp³-hybridized carbons (Fsp3) is 0.391. The molecule has 1 aliphatic heterocycles. The molecule has 0 radical (unpaired) electrons. The molecule has 3 rings (SSSR count). The van der Waals surface area contributed by atoms with Crippen molar-refractivity contribution in [2.75, 3.05) is 26.2 Å². The summed E-state index contributed by atoms with van der Waals surface area (Å²) in [4.78, 5) is 27.8. The number of benzene rings is 2. The summed E-state index contributed by atoms with van der Waals surface area (Å²) in [5.41, 5.74) is 3.40. The van der Waals surface area contributed by atoms with Crippen LogP contribution in [0.3, 0.4) is 0 Å². The molecule has 1 amide bonds. The summed E-state index contributed by atoms with van der Waals surface area (Å²) in [7, 11) is 0. The highest BCUT2D eigenvalue weighted by Gasteiger charge is 2.26. The minimum absolute atomic E-state index is 0.257. The Labute approximate surface area is 166 Å². The molecule has 0 bridgehead atoms. The highest BCUT2D eigenvalue weighted by atomic mass is 16.6. The van der Waals surface area contributed by atoms with Crippen molar-refractivity contribution in [1.29, 1.82) is 0 Å². The lowest BCUT2D eigenvalue weighted by Gasteiger charge is -2.35. The van der Waals surface area contributed by atoms with Gasteiger partial charge in [0.25, 0.3) is 0 Å². The van der Waals surface area contributed by atoms with Crippen LogP contribution in [0.5, 0.6) is 0 Å². The molecule has 1 fully saturated rings.